The van der Waals surface area contributed by atoms with Crippen LogP contribution in [0.25, 0.3) is 10.9 Å². The van der Waals surface area contributed by atoms with Crippen LogP contribution in [0.3, 0.4) is 0 Å². The van der Waals surface area contributed by atoms with Gasteiger partial charge < -0.3 is 14.6 Å². The van der Waals surface area contributed by atoms with E-state index in [4.69, 9.17) is 4.74 Å². The van der Waals surface area contributed by atoms with Crippen LogP contribution in [0, 0.1) is 0 Å². The number of methoxy groups -OCH3 is 1. The van der Waals surface area contributed by atoms with E-state index in [2.05, 4.69) is 9.97 Å². The van der Waals surface area contributed by atoms with Crippen molar-refractivity contribution in [3.8, 4) is 5.88 Å². The molecule has 2 aromatic heterocycles. The molecule has 3 aromatic rings. The van der Waals surface area contributed by atoms with Crippen molar-refractivity contribution in [2.45, 2.75) is 6.54 Å². The fourth-order valence-corrected chi connectivity index (χ4v) is 2.46. The number of aromatic nitrogens is 2. The standard InChI is InChI=1S/C17H17N3O2/c1-20(11-14-4-3-8-19-16(14)22-2)17(21)13-5-6-15-12(10-13)7-9-18-15/h3-10,18H,11H2,1-2H3. The molecule has 1 aromatic carbocycles. The van der Waals surface area contributed by atoms with Gasteiger partial charge in [-0.3, -0.25) is 4.79 Å². The maximum absolute atomic E-state index is 12.6. The quantitative estimate of drug-likeness (QED) is 0.805. The third-order valence-electron chi connectivity index (χ3n) is 3.60. The largest absolute Gasteiger partial charge is 0.481 e. The van der Waals surface area contributed by atoms with Gasteiger partial charge in [0.2, 0.25) is 5.88 Å². The first-order valence-electron chi connectivity index (χ1n) is 6.99. The molecule has 2 heterocycles. The van der Waals surface area contributed by atoms with E-state index in [0.29, 0.717) is 18.0 Å². The van der Waals surface area contributed by atoms with E-state index in [9.17, 15) is 4.79 Å². The Hall–Kier alpha value is -2.82. The van der Waals surface area contributed by atoms with Gasteiger partial charge in [0.05, 0.1) is 13.7 Å². The molecule has 0 saturated heterocycles. The number of rotatable bonds is 4. The van der Waals surface area contributed by atoms with Crippen LogP contribution in [-0.2, 0) is 6.54 Å². The second kappa shape index (κ2) is 5.89. The Morgan fingerprint density at radius 2 is 2.18 bits per heavy atom. The van der Waals surface area contributed by atoms with Gasteiger partial charge in [0.1, 0.15) is 0 Å². The first-order valence-corrected chi connectivity index (χ1v) is 6.99. The number of carbonyl (C=O) groups excluding carboxylic acids is 1. The number of carbonyl (C=O) groups is 1. The van der Waals surface area contributed by atoms with Crippen LogP contribution in [-0.4, -0.2) is 34.9 Å². The number of hydrogen-bond donors (Lipinski definition) is 1. The van der Waals surface area contributed by atoms with E-state index in [0.717, 1.165) is 16.5 Å². The molecule has 1 N–H and O–H groups in total. The third kappa shape index (κ3) is 2.65. The number of nitrogens with zero attached hydrogens (tertiary/aromatic N) is 2. The van der Waals surface area contributed by atoms with Crippen molar-refractivity contribution in [1.29, 1.82) is 0 Å². The number of ether oxygens (including phenoxy) is 1. The predicted molar refractivity (Wildman–Crippen MR) is 84.9 cm³/mol. The van der Waals surface area contributed by atoms with Gasteiger partial charge in [0, 0.05) is 41.5 Å². The second-order valence-corrected chi connectivity index (χ2v) is 5.11. The van der Waals surface area contributed by atoms with Gasteiger partial charge in [-0.25, -0.2) is 4.98 Å². The van der Waals surface area contributed by atoms with Crippen molar-refractivity contribution in [2.75, 3.05) is 14.2 Å². The molecule has 22 heavy (non-hydrogen) atoms. The van der Waals surface area contributed by atoms with E-state index in [1.807, 2.05) is 42.6 Å². The van der Waals surface area contributed by atoms with Crippen LogP contribution < -0.4 is 4.74 Å². The monoisotopic (exact) mass is 295 g/mol. The molecule has 0 aliphatic rings. The smallest absolute Gasteiger partial charge is 0.253 e. The molecule has 5 nitrogen and oxygen atoms in total. The Labute approximate surface area is 128 Å². The van der Waals surface area contributed by atoms with Crippen LogP contribution in [0.5, 0.6) is 5.88 Å². The van der Waals surface area contributed by atoms with Crippen LogP contribution in [0.2, 0.25) is 0 Å². The number of pyridine rings is 1. The fraction of sp³-hybridized carbons (Fsp3) is 0.176. The number of nitrogens with one attached hydrogen (secondary N) is 1. The Morgan fingerprint density at radius 3 is 3.00 bits per heavy atom. The van der Waals surface area contributed by atoms with E-state index < -0.39 is 0 Å². The summed E-state index contributed by atoms with van der Waals surface area (Å²) in [6.07, 6.45) is 3.53. The molecule has 0 aliphatic heterocycles. The van der Waals surface area contributed by atoms with E-state index in [1.54, 1.807) is 25.3 Å². The summed E-state index contributed by atoms with van der Waals surface area (Å²) in [5.74, 6) is 0.511. The Balaban J connectivity index is 1.81. The minimum Gasteiger partial charge on any atom is -0.481 e. The number of fused-ring (bicyclic) bond motifs is 1. The fourth-order valence-electron chi connectivity index (χ4n) is 2.46. The van der Waals surface area contributed by atoms with Gasteiger partial charge in [-0.1, -0.05) is 6.07 Å². The molecule has 0 bridgehead atoms. The molecule has 0 saturated carbocycles. The molecule has 0 radical (unpaired) electrons. The summed E-state index contributed by atoms with van der Waals surface area (Å²) >= 11 is 0. The van der Waals surface area contributed by atoms with Crippen LogP contribution in [0.15, 0.2) is 48.8 Å². The minimum atomic E-state index is -0.0333. The highest BCUT2D eigenvalue weighted by atomic mass is 16.5. The normalized spacial score (nSPS) is 10.6. The molecular formula is C17H17N3O2. The second-order valence-electron chi connectivity index (χ2n) is 5.11. The summed E-state index contributed by atoms with van der Waals surface area (Å²) in [4.78, 5) is 21.5. The number of aromatic amines is 1. The Bertz CT molecular complexity index is 810. The summed E-state index contributed by atoms with van der Waals surface area (Å²) in [6.45, 7) is 0.445. The molecular weight excluding hydrogens is 278 g/mol. The molecule has 5 heteroatoms. The topological polar surface area (TPSA) is 58.2 Å². The maximum Gasteiger partial charge on any atom is 0.253 e. The zero-order valence-electron chi connectivity index (χ0n) is 12.5. The maximum atomic E-state index is 12.6. The van der Waals surface area contributed by atoms with Crippen molar-refractivity contribution in [3.05, 3.63) is 59.9 Å². The molecule has 112 valence electrons. The number of benzene rings is 1. The van der Waals surface area contributed by atoms with Gasteiger partial charge in [0.15, 0.2) is 0 Å². The lowest BCUT2D eigenvalue weighted by Crippen LogP contribution is -2.26. The highest BCUT2D eigenvalue weighted by Crippen LogP contribution is 2.19. The van der Waals surface area contributed by atoms with Gasteiger partial charge in [0.25, 0.3) is 5.91 Å². The van der Waals surface area contributed by atoms with Crippen molar-refractivity contribution < 1.29 is 9.53 Å². The van der Waals surface area contributed by atoms with Crippen molar-refractivity contribution in [1.82, 2.24) is 14.9 Å². The SMILES string of the molecule is COc1ncccc1CN(C)C(=O)c1ccc2[nH]ccc2c1. The van der Waals surface area contributed by atoms with Crippen molar-refractivity contribution in [3.63, 3.8) is 0 Å². The lowest BCUT2D eigenvalue weighted by molar-refractivity contribution is 0.0784. The average molecular weight is 295 g/mol. The summed E-state index contributed by atoms with van der Waals surface area (Å²) in [6, 6.07) is 11.3. The average Bonchev–Trinajstić information content (AvgIpc) is 3.02. The van der Waals surface area contributed by atoms with Gasteiger partial charge in [-0.05, 0) is 30.3 Å². The van der Waals surface area contributed by atoms with E-state index in [-0.39, 0.29) is 5.91 Å². The third-order valence-corrected chi connectivity index (χ3v) is 3.60. The zero-order chi connectivity index (χ0) is 15.5. The summed E-state index contributed by atoms with van der Waals surface area (Å²) < 4.78 is 5.23. The summed E-state index contributed by atoms with van der Waals surface area (Å²) in [5, 5.41) is 1.03. The predicted octanol–water partition coefficient (Wildman–Crippen LogP) is 2.84. The Kier molecular flexibility index (Phi) is 3.78. The van der Waals surface area contributed by atoms with Gasteiger partial charge >= 0.3 is 0 Å². The van der Waals surface area contributed by atoms with Gasteiger partial charge in [-0.15, -0.1) is 0 Å². The zero-order valence-corrected chi connectivity index (χ0v) is 12.5. The number of amides is 1. The van der Waals surface area contributed by atoms with Crippen LogP contribution >= 0.6 is 0 Å². The first-order chi connectivity index (χ1) is 10.7. The summed E-state index contributed by atoms with van der Waals surface area (Å²) in [5.41, 5.74) is 2.56. The van der Waals surface area contributed by atoms with Crippen molar-refractivity contribution >= 4 is 16.8 Å². The lowest BCUT2D eigenvalue weighted by Gasteiger charge is -2.18. The van der Waals surface area contributed by atoms with E-state index in [1.165, 1.54) is 0 Å². The Morgan fingerprint density at radius 1 is 1.32 bits per heavy atom. The summed E-state index contributed by atoms with van der Waals surface area (Å²) in [7, 11) is 3.35. The molecule has 0 aliphatic carbocycles. The first kappa shape index (κ1) is 14.1. The molecule has 3 rings (SSSR count). The van der Waals surface area contributed by atoms with Crippen LogP contribution in [0.1, 0.15) is 15.9 Å². The number of hydrogen-bond acceptors (Lipinski definition) is 3. The molecule has 0 unspecified atom stereocenters. The van der Waals surface area contributed by atoms with Crippen molar-refractivity contribution in [2.24, 2.45) is 0 Å². The van der Waals surface area contributed by atoms with E-state index >= 15 is 0 Å². The lowest BCUT2D eigenvalue weighted by atomic mass is 10.1. The highest BCUT2D eigenvalue weighted by Gasteiger charge is 2.15. The highest BCUT2D eigenvalue weighted by molar-refractivity contribution is 5.97. The number of H-pyrrole nitrogens is 1. The molecule has 0 spiro atoms. The van der Waals surface area contributed by atoms with Gasteiger partial charge in [-0.2, -0.15) is 0 Å². The van der Waals surface area contributed by atoms with Crippen LogP contribution in [0.4, 0.5) is 0 Å². The molecule has 0 fully saturated rings. The molecule has 0 atom stereocenters. The minimum absolute atomic E-state index is 0.0333. The molecule has 1 amide bonds.